The highest BCUT2D eigenvalue weighted by atomic mass is 35.5. The van der Waals surface area contributed by atoms with E-state index in [2.05, 4.69) is 0 Å². The van der Waals surface area contributed by atoms with Crippen molar-refractivity contribution in [2.45, 2.75) is 50.2 Å². The van der Waals surface area contributed by atoms with Gasteiger partial charge in [0.25, 0.3) is 0 Å². The lowest BCUT2D eigenvalue weighted by molar-refractivity contribution is 0.0675. The van der Waals surface area contributed by atoms with Crippen LogP contribution in [0.3, 0.4) is 0 Å². The molecule has 0 saturated heterocycles. The van der Waals surface area contributed by atoms with Gasteiger partial charge in [-0.1, -0.05) is 51.4 Å². The van der Waals surface area contributed by atoms with E-state index in [1.54, 1.807) is 6.07 Å². The van der Waals surface area contributed by atoms with Crippen LogP contribution in [-0.4, -0.2) is 22.2 Å². The van der Waals surface area contributed by atoms with Crippen LogP contribution in [0.5, 0.6) is 0 Å². The maximum Gasteiger partial charge on any atom is 0.336 e. The molecule has 0 radical (unpaired) electrons. The Hall–Kier alpha value is -1.98. The molecule has 2 aromatic carbocycles. The van der Waals surface area contributed by atoms with Crippen molar-refractivity contribution < 1.29 is 19.8 Å². The number of carbonyl (C=O) groups is 2. The van der Waals surface area contributed by atoms with Crippen LogP contribution >= 0.6 is 23.4 Å². The van der Waals surface area contributed by atoms with Gasteiger partial charge >= 0.3 is 11.9 Å². The molecule has 4 nitrogen and oxygen atoms in total. The molecular weight excluding hydrogens is 384 g/mol. The molecule has 0 aromatic heterocycles. The summed E-state index contributed by atoms with van der Waals surface area (Å²) in [5.41, 5.74) is 2.45. The molecule has 0 aliphatic heterocycles. The zero-order valence-corrected chi connectivity index (χ0v) is 17.3. The van der Waals surface area contributed by atoms with Crippen LogP contribution < -0.4 is 0 Å². The Morgan fingerprint density at radius 1 is 1.04 bits per heavy atom. The molecule has 0 atom stereocenters. The lowest BCUT2D eigenvalue weighted by Gasteiger charge is -2.22. The number of halogens is 1. The summed E-state index contributed by atoms with van der Waals surface area (Å²) >= 11 is 7.37. The van der Waals surface area contributed by atoms with Gasteiger partial charge < -0.3 is 10.2 Å². The van der Waals surface area contributed by atoms with E-state index >= 15 is 0 Å². The van der Waals surface area contributed by atoms with Crippen LogP contribution in [-0.2, 0) is 5.75 Å². The second-order valence-corrected chi connectivity index (χ2v) is 8.39. The van der Waals surface area contributed by atoms with Crippen LogP contribution in [0.1, 0.15) is 76.9 Å². The van der Waals surface area contributed by atoms with Crippen LogP contribution in [0, 0.1) is 0 Å². The lowest BCUT2D eigenvalue weighted by Crippen LogP contribution is -2.15. The lowest BCUT2D eigenvalue weighted by atomic mass is 9.86. The minimum Gasteiger partial charge on any atom is -0.478 e. The van der Waals surface area contributed by atoms with Crippen LogP contribution in [0.2, 0.25) is 5.02 Å². The van der Waals surface area contributed by atoms with Crippen molar-refractivity contribution in [1.82, 2.24) is 0 Å². The van der Waals surface area contributed by atoms with Gasteiger partial charge in [-0.25, -0.2) is 9.59 Å². The summed E-state index contributed by atoms with van der Waals surface area (Å²) < 4.78 is 0. The van der Waals surface area contributed by atoms with Crippen molar-refractivity contribution in [3.63, 3.8) is 0 Å². The summed E-state index contributed by atoms with van der Waals surface area (Å²) in [6.45, 7) is 7.52. The predicted molar refractivity (Wildman–Crippen MR) is 110 cm³/mol. The van der Waals surface area contributed by atoms with E-state index in [9.17, 15) is 19.8 Å². The van der Waals surface area contributed by atoms with E-state index in [0.717, 1.165) is 5.56 Å². The summed E-state index contributed by atoms with van der Waals surface area (Å²) in [6.07, 6.45) is 0. The molecule has 2 rings (SSSR count). The number of carboxylic acid groups (broad SMARTS) is 2. The van der Waals surface area contributed by atoms with Crippen molar-refractivity contribution >= 4 is 35.3 Å². The number of hydrogen-bond donors (Lipinski definition) is 2. The fraction of sp³-hybridized carbons (Fsp3) is 0.333. The van der Waals surface area contributed by atoms with E-state index in [1.165, 1.54) is 17.8 Å². The molecule has 0 heterocycles. The minimum atomic E-state index is -1.05. The zero-order chi connectivity index (χ0) is 20.3. The highest BCUT2D eigenvalue weighted by molar-refractivity contribution is 7.98. The quantitative estimate of drug-likeness (QED) is 0.529. The summed E-state index contributed by atoms with van der Waals surface area (Å²) in [7, 11) is 0. The van der Waals surface area contributed by atoms with Gasteiger partial charge in [-0.3, -0.25) is 0 Å². The third-order valence-corrected chi connectivity index (χ3v) is 5.70. The largest absolute Gasteiger partial charge is 0.478 e. The van der Waals surface area contributed by atoms with E-state index in [4.69, 9.17) is 11.6 Å². The van der Waals surface area contributed by atoms with Gasteiger partial charge in [-0.05, 0) is 46.7 Å². The average molecular weight is 407 g/mol. The molecular formula is C21H23ClO4S. The first-order valence-electron chi connectivity index (χ1n) is 8.68. The van der Waals surface area contributed by atoms with Gasteiger partial charge in [0.2, 0.25) is 0 Å². The Balaban J connectivity index is 2.67. The van der Waals surface area contributed by atoms with Gasteiger partial charge in [0.1, 0.15) is 0 Å². The molecule has 6 heteroatoms. The Labute approximate surface area is 168 Å². The summed E-state index contributed by atoms with van der Waals surface area (Å²) in [6, 6.07) is 8.87. The number of hydrogen-bond acceptors (Lipinski definition) is 3. The molecule has 0 saturated carbocycles. The highest BCUT2D eigenvalue weighted by Gasteiger charge is 2.28. The van der Waals surface area contributed by atoms with Crippen LogP contribution in [0.4, 0.5) is 0 Å². The van der Waals surface area contributed by atoms with Gasteiger partial charge in [0.15, 0.2) is 0 Å². The molecule has 2 N–H and O–H groups in total. The monoisotopic (exact) mass is 406 g/mol. The van der Waals surface area contributed by atoms with E-state index < -0.39 is 11.9 Å². The van der Waals surface area contributed by atoms with Gasteiger partial charge in [0, 0.05) is 15.7 Å². The van der Waals surface area contributed by atoms with Crippen LogP contribution in [0.15, 0.2) is 35.2 Å². The first-order chi connectivity index (χ1) is 12.6. The third-order valence-electron chi connectivity index (χ3n) is 4.26. The van der Waals surface area contributed by atoms with Crippen molar-refractivity contribution in [3.05, 3.63) is 63.2 Å². The summed E-state index contributed by atoms with van der Waals surface area (Å²) in [5, 5.41) is 20.2. The third kappa shape index (κ3) is 4.85. The fourth-order valence-electron chi connectivity index (χ4n) is 3.05. The van der Waals surface area contributed by atoms with E-state index in [-0.39, 0.29) is 23.0 Å². The molecule has 144 valence electrons. The molecule has 0 amide bonds. The standard InChI is InChI=1S/C21H23ClO4S/c1-11(2)15-9-16(20(23)24)19(17(12(3)4)18(15)21(25)26)27-10-13-6-5-7-14(22)8-13/h5-9,11-12H,10H2,1-4H3,(H,23,24)(H,25,26). The van der Waals surface area contributed by atoms with Crippen molar-refractivity contribution in [2.75, 3.05) is 0 Å². The molecule has 27 heavy (non-hydrogen) atoms. The summed E-state index contributed by atoms with van der Waals surface area (Å²) in [5.74, 6) is -1.80. The number of benzene rings is 2. The Bertz CT molecular complexity index is 875. The maximum atomic E-state index is 12.0. The topological polar surface area (TPSA) is 74.6 Å². The fourth-order valence-corrected chi connectivity index (χ4v) is 4.55. The predicted octanol–water partition coefficient (Wildman–Crippen LogP) is 6.28. The smallest absolute Gasteiger partial charge is 0.336 e. The zero-order valence-electron chi connectivity index (χ0n) is 15.7. The number of thioether (sulfide) groups is 1. The molecule has 0 unspecified atom stereocenters. The number of rotatable bonds is 7. The van der Waals surface area contributed by atoms with Crippen molar-refractivity contribution in [3.8, 4) is 0 Å². The molecule has 0 spiro atoms. The second kappa shape index (κ2) is 8.81. The van der Waals surface area contributed by atoms with Gasteiger partial charge in [-0.15, -0.1) is 11.8 Å². The van der Waals surface area contributed by atoms with E-state index in [0.29, 0.717) is 26.8 Å². The Morgan fingerprint density at radius 2 is 1.70 bits per heavy atom. The van der Waals surface area contributed by atoms with Crippen molar-refractivity contribution in [2.24, 2.45) is 0 Å². The van der Waals surface area contributed by atoms with Gasteiger partial charge in [-0.2, -0.15) is 0 Å². The SMILES string of the molecule is CC(C)c1cc(C(=O)O)c(SCc2cccc(Cl)c2)c(C(C)C)c1C(=O)O. The minimum absolute atomic E-state index is 0.0984. The number of aromatic carboxylic acids is 2. The number of carboxylic acids is 2. The molecule has 0 aliphatic carbocycles. The molecule has 0 bridgehead atoms. The van der Waals surface area contributed by atoms with E-state index in [1.807, 2.05) is 45.9 Å². The maximum absolute atomic E-state index is 12.0. The first kappa shape index (κ1) is 21.3. The highest BCUT2D eigenvalue weighted by Crippen LogP contribution is 2.40. The molecule has 0 fully saturated rings. The van der Waals surface area contributed by atoms with Crippen LogP contribution in [0.25, 0.3) is 0 Å². The first-order valence-corrected chi connectivity index (χ1v) is 10.0. The molecule has 0 aliphatic rings. The Morgan fingerprint density at radius 3 is 2.19 bits per heavy atom. The average Bonchev–Trinajstić information content (AvgIpc) is 2.57. The second-order valence-electron chi connectivity index (χ2n) is 6.97. The molecule has 2 aromatic rings. The summed E-state index contributed by atoms with van der Waals surface area (Å²) in [4.78, 5) is 24.5. The normalized spacial score (nSPS) is 11.2. The Kier molecular flexibility index (Phi) is 6.95. The van der Waals surface area contributed by atoms with Crippen molar-refractivity contribution in [1.29, 1.82) is 0 Å². The van der Waals surface area contributed by atoms with Gasteiger partial charge in [0.05, 0.1) is 11.1 Å².